The van der Waals surface area contributed by atoms with Gasteiger partial charge in [-0.3, -0.25) is 0 Å². The zero-order valence-corrected chi connectivity index (χ0v) is 14.7. The first-order valence-corrected chi connectivity index (χ1v) is 9.41. The maximum absolute atomic E-state index is 12.7. The number of halogens is 3. The lowest BCUT2D eigenvalue weighted by Crippen LogP contribution is -2.26. The fourth-order valence-electron chi connectivity index (χ4n) is 2.37. The minimum Gasteiger partial charge on any atom is -0.444 e. The molecule has 0 radical (unpaired) electrons. The van der Waals surface area contributed by atoms with Crippen LogP contribution in [0.3, 0.4) is 0 Å². The van der Waals surface area contributed by atoms with Crippen molar-refractivity contribution in [3.8, 4) is 11.5 Å². The second kappa shape index (κ2) is 7.53. The number of benzene rings is 2. The standard InChI is InChI=1S/C18H15F3N2O3S/c19-18(20,21)14-7-4-8-16(11-14)27(24,25)22-10-9-15-12-26-17(23-15)13-5-2-1-3-6-13/h1-8,11-12,22H,9-10H2. The topological polar surface area (TPSA) is 72.2 Å². The van der Waals surface area contributed by atoms with E-state index in [1.807, 2.05) is 30.3 Å². The van der Waals surface area contributed by atoms with E-state index in [1.54, 1.807) is 0 Å². The summed E-state index contributed by atoms with van der Waals surface area (Å²) in [4.78, 5) is 3.83. The van der Waals surface area contributed by atoms with Crippen molar-refractivity contribution in [3.63, 3.8) is 0 Å². The van der Waals surface area contributed by atoms with Crippen molar-refractivity contribution in [1.82, 2.24) is 9.71 Å². The number of oxazole rings is 1. The highest BCUT2D eigenvalue weighted by molar-refractivity contribution is 7.89. The van der Waals surface area contributed by atoms with Gasteiger partial charge in [-0.25, -0.2) is 18.1 Å². The van der Waals surface area contributed by atoms with Crippen LogP contribution in [-0.4, -0.2) is 19.9 Å². The van der Waals surface area contributed by atoms with Crippen LogP contribution in [0.4, 0.5) is 13.2 Å². The fourth-order valence-corrected chi connectivity index (χ4v) is 3.45. The molecule has 0 aliphatic carbocycles. The lowest BCUT2D eigenvalue weighted by molar-refractivity contribution is -0.137. The van der Waals surface area contributed by atoms with E-state index in [2.05, 4.69) is 9.71 Å². The zero-order valence-electron chi connectivity index (χ0n) is 13.9. The number of aromatic nitrogens is 1. The molecule has 0 spiro atoms. The molecule has 142 valence electrons. The van der Waals surface area contributed by atoms with Gasteiger partial charge in [0, 0.05) is 18.5 Å². The third kappa shape index (κ3) is 4.75. The maximum Gasteiger partial charge on any atom is 0.416 e. The molecule has 0 amide bonds. The number of hydrogen-bond acceptors (Lipinski definition) is 4. The van der Waals surface area contributed by atoms with Crippen LogP contribution >= 0.6 is 0 Å². The highest BCUT2D eigenvalue weighted by atomic mass is 32.2. The van der Waals surface area contributed by atoms with Crippen LogP contribution in [0.1, 0.15) is 11.3 Å². The molecule has 0 bridgehead atoms. The van der Waals surface area contributed by atoms with Crippen LogP contribution in [0.15, 0.2) is 70.2 Å². The van der Waals surface area contributed by atoms with Crippen molar-refractivity contribution >= 4 is 10.0 Å². The molecule has 0 atom stereocenters. The molecule has 3 rings (SSSR count). The Morgan fingerprint density at radius 1 is 1.04 bits per heavy atom. The van der Waals surface area contributed by atoms with E-state index in [-0.39, 0.29) is 13.0 Å². The molecule has 1 heterocycles. The lowest BCUT2D eigenvalue weighted by atomic mass is 10.2. The smallest absolute Gasteiger partial charge is 0.416 e. The van der Waals surface area contributed by atoms with Gasteiger partial charge in [0.25, 0.3) is 0 Å². The van der Waals surface area contributed by atoms with Crippen molar-refractivity contribution < 1.29 is 26.0 Å². The third-order valence-electron chi connectivity index (χ3n) is 3.72. The van der Waals surface area contributed by atoms with E-state index in [1.165, 1.54) is 6.26 Å². The highest BCUT2D eigenvalue weighted by Gasteiger charge is 2.31. The zero-order chi connectivity index (χ0) is 19.5. The van der Waals surface area contributed by atoms with Crippen molar-refractivity contribution in [2.45, 2.75) is 17.5 Å². The fraction of sp³-hybridized carbons (Fsp3) is 0.167. The summed E-state index contributed by atoms with van der Waals surface area (Å²) < 4.78 is 70.3. The third-order valence-corrected chi connectivity index (χ3v) is 5.18. The summed E-state index contributed by atoms with van der Waals surface area (Å²) in [7, 11) is -4.07. The summed E-state index contributed by atoms with van der Waals surface area (Å²) in [5, 5.41) is 0. The van der Waals surface area contributed by atoms with Crippen LogP contribution in [0, 0.1) is 0 Å². The van der Waals surface area contributed by atoms with Gasteiger partial charge in [-0.2, -0.15) is 13.2 Å². The highest BCUT2D eigenvalue weighted by Crippen LogP contribution is 2.30. The second-order valence-corrected chi connectivity index (χ2v) is 7.45. The van der Waals surface area contributed by atoms with Crippen molar-refractivity contribution in [3.05, 3.63) is 72.1 Å². The Balaban J connectivity index is 1.64. The Labute approximate surface area is 153 Å². The van der Waals surface area contributed by atoms with Crippen LogP contribution in [0.5, 0.6) is 0 Å². The summed E-state index contributed by atoms with van der Waals surface area (Å²) in [6.45, 7) is -0.0284. The molecule has 1 aromatic heterocycles. The van der Waals surface area contributed by atoms with Crippen LogP contribution in [-0.2, 0) is 22.6 Å². The summed E-state index contributed by atoms with van der Waals surface area (Å²) in [5.74, 6) is 0.409. The number of rotatable bonds is 6. The Kier molecular flexibility index (Phi) is 5.33. The van der Waals surface area contributed by atoms with Gasteiger partial charge in [-0.15, -0.1) is 0 Å². The van der Waals surface area contributed by atoms with Crippen LogP contribution in [0.25, 0.3) is 11.5 Å². The molecule has 3 aromatic rings. The van der Waals surface area contributed by atoms with Gasteiger partial charge in [0.1, 0.15) is 6.26 Å². The second-order valence-electron chi connectivity index (χ2n) is 5.68. The van der Waals surface area contributed by atoms with Crippen LogP contribution < -0.4 is 4.72 Å². The molecule has 0 unspecified atom stereocenters. The molecule has 0 saturated heterocycles. The van der Waals surface area contributed by atoms with E-state index in [0.29, 0.717) is 17.7 Å². The number of nitrogens with one attached hydrogen (secondary N) is 1. The SMILES string of the molecule is O=S(=O)(NCCc1coc(-c2ccccc2)n1)c1cccc(C(F)(F)F)c1. The van der Waals surface area contributed by atoms with E-state index >= 15 is 0 Å². The van der Waals surface area contributed by atoms with Gasteiger partial charge in [-0.1, -0.05) is 24.3 Å². The normalized spacial score (nSPS) is 12.3. The van der Waals surface area contributed by atoms with E-state index in [0.717, 1.165) is 23.8 Å². The summed E-state index contributed by atoms with van der Waals surface area (Å²) in [6, 6.07) is 12.8. The molecular formula is C18H15F3N2O3S. The molecule has 9 heteroatoms. The predicted molar refractivity (Wildman–Crippen MR) is 92.3 cm³/mol. The van der Waals surface area contributed by atoms with E-state index in [9.17, 15) is 21.6 Å². The van der Waals surface area contributed by atoms with Gasteiger partial charge in [0.05, 0.1) is 16.2 Å². The summed E-state index contributed by atoms with van der Waals surface area (Å²) in [6.07, 6.45) is -2.96. The molecule has 0 aliphatic heterocycles. The van der Waals surface area contributed by atoms with Crippen LogP contribution in [0.2, 0.25) is 0 Å². The first kappa shape index (κ1) is 19.1. The molecule has 1 N–H and O–H groups in total. The first-order valence-electron chi connectivity index (χ1n) is 7.92. The lowest BCUT2D eigenvalue weighted by Gasteiger charge is -2.10. The van der Waals surface area contributed by atoms with Gasteiger partial charge in [0.15, 0.2) is 0 Å². The average molecular weight is 396 g/mol. The Hall–Kier alpha value is -2.65. The quantitative estimate of drug-likeness (QED) is 0.686. The van der Waals surface area contributed by atoms with Crippen molar-refractivity contribution in [2.75, 3.05) is 6.54 Å². The largest absolute Gasteiger partial charge is 0.444 e. The van der Waals surface area contributed by atoms with Crippen molar-refractivity contribution in [2.24, 2.45) is 0 Å². The van der Waals surface area contributed by atoms with Crippen molar-refractivity contribution in [1.29, 1.82) is 0 Å². The molecular weight excluding hydrogens is 381 g/mol. The van der Waals surface area contributed by atoms with Gasteiger partial charge in [-0.05, 0) is 30.3 Å². The number of alkyl halides is 3. The maximum atomic E-state index is 12.7. The van der Waals surface area contributed by atoms with Gasteiger partial charge in [0.2, 0.25) is 15.9 Å². The Morgan fingerprint density at radius 3 is 2.48 bits per heavy atom. The number of sulfonamides is 1. The Bertz CT molecular complexity index is 1020. The molecule has 0 saturated carbocycles. The number of nitrogens with zero attached hydrogens (tertiary/aromatic N) is 1. The monoisotopic (exact) mass is 396 g/mol. The van der Waals surface area contributed by atoms with Gasteiger partial charge < -0.3 is 4.42 Å². The minimum absolute atomic E-state index is 0.0284. The Morgan fingerprint density at radius 2 is 1.78 bits per heavy atom. The average Bonchev–Trinajstić information content (AvgIpc) is 3.11. The van der Waals surface area contributed by atoms with E-state index in [4.69, 9.17) is 4.42 Å². The molecule has 2 aromatic carbocycles. The molecule has 0 fully saturated rings. The molecule has 5 nitrogen and oxygen atoms in total. The summed E-state index contributed by atoms with van der Waals surface area (Å²) in [5.41, 5.74) is 0.295. The predicted octanol–water partition coefficient (Wildman–Crippen LogP) is 3.88. The number of hydrogen-bond donors (Lipinski definition) is 1. The van der Waals surface area contributed by atoms with Gasteiger partial charge >= 0.3 is 6.18 Å². The first-order chi connectivity index (χ1) is 12.8. The molecule has 27 heavy (non-hydrogen) atoms. The summed E-state index contributed by atoms with van der Waals surface area (Å²) >= 11 is 0. The molecule has 0 aliphatic rings. The van der Waals surface area contributed by atoms with E-state index < -0.39 is 26.7 Å². The minimum atomic E-state index is -4.61.